The number of rotatable bonds is 3. The molecule has 2 aliphatic rings. The van der Waals surface area contributed by atoms with E-state index in [-0.39, 0.29) is 0 Å². The Labute approximate surface area is 130 Å². The summed E-state index contributed by atoms with van der Waals surface area (Å²) in [6, 6.07) is 7.42. The normalized spacial score (nSPS) is 23.9. The molecule has 0 radical (unpaired) electrons. The summed E-state index contributed by atoms with van der Waals surface area (Å²) < 4.78 is 7.49. The van der Waals surface area contributed by atoms with Gasteiger partial charge in [-0.3, -0.25) is 9.47 Å². The van der Waals surface area contributed by atoms with E-state index >= 15 is 0 Å². The molecule has 0 aromatic carbocycles. The van der Waals surface area contributed by atoms with Crippen LogP contribution in [-0.2, 0) is 4.74 Å². The summed E-state index contributed by atoms with van der Waals surface area (Å²) in [6.45, 7) is 2.99. The van der Waals surface area contributed by atoms with Crippen LogP contribution in [-0.4, -0.2) is 45.2 Å². The summed E-state index contributed by atoms with van der Waals surface area (Å²) in [5.74, 6) is 0.953. The number of ether oxygens (including phenoxy) is 1. The van der Waals surface area contributed by atoms with Crippen LogP contribution in [0.25, 0.3) is 5.82 Å². The van der Waals surface area contributed by atoms with Crippen molar-refractivity contribution in [3.05, 3.63) is 42.6 Å². The summed E-state index contributed by atoms with van der Waals surface area (Å²) in [4.78, 5) is 11.7. The van der Waals surface area contributed by atoms with Crippen LogP contribution in [0.15, 0.2) is 36.9 Å². The number of likely N-dealkylation sites (tertiary alicyclic amines) is 1. The van der Waals surface area contributed by atoms with E-state index in [1.54, 1.807) is 12.5 Å². The van der Waals surface area contributed by atoms with Crippen LogP contribution in [0.2, 0.25) is 0 Å². The van der Waals surface area contributed by atoms with E-state index in [1.807, 2.05) is 16.8 Å². The molecule has 0 spiro atoms. The third-order valence-electron chi connectivity index (χ3n) is 4.82. The molecule has 0 unspecified atom stereocenters. The van der Waals surface area contributed by atoms with Crippen molar-refractivity contribution in [1.82, 2.24) is 19.4 Å². The van der Waals surface area contributed by atoms with Crippen LogP contribution in [0.1, 0.15) is 37.4 Å². The van der Waals surface area contributed by atoms with Crippen LogP contribution in [0.5, 0.6) is 0 Å². The first-order chi connectivity index (χ1) is 10.9. The van der Waals surface area contributed by atoms with Crippen molar-refractivity contribution in [3.8, 4) is 5.82 Å². The Hall–Kier alpha value is -1.72. The third-order valence-corrected chi connectivity index (χ3v) is 4.82. The topological polar surface area (TPSA) is 43.2 Å². The molecule has 22 heavy (non-hydrogen) atoms. The Morgan fingerprint density at radius 3 is 2.86 bits per heavy atom. The number of hydrogen-bond donors (Lipinski definition) is 0. The van der Waals surface area contributed by atoms with Gasteiger partial charge in [0.25, 0.3) is 0 Å². The van der Waals surface area contributed by atoms with Crippen molar-refractivity contribution < 1.29 is 4.74 Å². The zero-order chi connectivity index (χ0) is 14.8. The van der Waals surface area contributed by atoms with E-state index in [2.05, 4.69) is 22.0 Å². The van der Waals surface area contributed by atoms with Gasteiger partial charge in [0, 0.05) is 31.6 Å². The molecule has 0 aliphatic carbocycles. The van der Waals surface area contributed by atoms with Crippen molar-refractivity contribution in [3.63, 3.8) is 0 Å². The fourth-order valence-electron chi connectivity index (χ4n) is 3.72. The predicted molar refractivity (Wildman–Crippen MR) is 83.9 cm³/mol. The molecule has 5 nitrogen and oxygen atoms in total. The molecule has 5 heteroatoms. The molecular weight excluding hydrogens is 276 g/mol. The Kier molecular flexibility index (Phi) is 3.91. The summed E-state index contributed by atoms with van der Waals surface area (Å²) >= 11 is 0. The largest absolute Gasteiger partial charge is 0.381 e. The van der Waals surface area contributed by atoms with E-state index in [4.69, 9.17) is 9.72 Å². The summed E-state index contributed by atoms with van der Waals surface area (Å²) in [5, 5.41) is 0. The van der Waals surface area contributed by atoms with Gasteiger partial charge in [0.15, 0.2) is 0 Å². The van der Waals surface area contributed by atoms with Gasteiger partial charge in [-0.15, -0.1) is 0 Å². The second-order valence-corrected chi connectivity index (χ2v) is 6.13. The van der Waals surface area contributed by atoms with Crippen LogP contribution in [0.4, 0.5) is 0 Å². The third kappa shape index (κ3) is 2.66. The first kappa shape index (κ1) is 13.9. The lowest BCUT2D eigenvalue weighted by molar-refractivity contribution is 0.0285. The zero-order valence-electron chi connectivity index (χ0n) is 12.8. The van der Waals surface area contributed by atoms with E-state index in [0.29, 0.717) is 12.1 Å². The number of aromatic nitrogens is 3. The Morgan fingerprint density at radius 1 is 1.14 bits per heavy atom. The van der Waals surface area contributed by atoms with Crippen LogP contribution in [0, 0.1) is 0 Å². The molecule has 0 saturated carbocycles. The van der Waals surface area contributed by atoms with Gasteiger partial charge in [-0.1, -0.05) is 6.07 Å². The maximum absolute atomic E-state index is 5.52. The molecule has 2 aliphatic heterocycles. The minimum absolute atomic E-state index is 0.451. The fourth-order valence-corrected chi connectivity index (χ4v) is 3.72. The van der Waals surface area contributed by atoms with Crippen molar-refractivity contribution in [2.24, 2.45) is 0 Å². The predicted octanol–water partition coefficient (Wildman–Crippen LogP) is 2.58. The summed E-state index contributed by atoms with van der Waals surface area (Å²) in [7, 11) is 0. The molecule has 0 bridgehead atoms. The van der Waals surface area contributed by atoms with Gasteiger partial charge in [0.05, 0.1) is 11.7 Å². The van der Waals surface area contributed by atoms with Crippen molar-refractivity contribution >= 4 is 0 Å². The van der Waals surface area contributed by atoms with Crippen LogP contribution in [0.3, 0.4) is 0 Å². The molecule has 2 aromatic rings. The van der Waals surface area contributed by atoms with Crippen molar-refractivity contribution in [2.75, 3.05) is 19.8 Å². The molecule has 116 valence electrons. The molecule has 4 heterocycles. The quantitative estimate of drug-likeness (QED) is 0.873. The highest BCUT2D eigenvalue weighted by Crippen LogP contribution is 2.35. The highest BCUT2D eigenvalue weighted by atomic mass is 16.5. The highest BCUT2D eigenvalue weighted by molar-refractivity contribution is 5.26. The summed E-state index contributed by atoms with van der Waals surface area (Å²) in [5.41, 5.74) is 1.19. The van der Waals surface area contributed by atoms with Gasteiger partial charge in [0.2, 0.25) is 0 Å². The molecule has 0 amide bonds. The molecule has 1 atom stereocenters. The van der Waals surface area contributed by atoms with Gasteiger partial charge in [-0.2, -0.15) is 0 Å². The Bertz CT molecular complexity index is 607. The second-order valence-electron chi connectivity index (χ2n) is 6.13. The Balaban J connectivity index is 1.59. The van der Waals surface area contributed by atoms with Crippen LogP contribution >= 0.6 is 0 Å². The van der Waals surface area contributed by atoms with Crippen molar-refractivity contribution in [1.29, 1.82) is 0 Å². The average molecular weight is 298 g/mol. The first-order valence-corrected chi connectivity index (χ1v) is 8.20. The van der Waals surface area contributed by atoms with E-state index in [0.717, 1.165) is 31.9 Å². The van der Waals surface area contributed by atoms with E-state index in [1.165, 1.54) is 25.1 Å². The fraction of sp³-hybridized carbons (Fsp3) is 0.529. The molecular formula is C17H22N4O. The number of pyridine rings is 1. The molecule has 0 N–H and O–H groups in total. The van der Waals surface area contributed by atoms with Crippen molar-refractivity contribution in [2.45, 2.75) is 37.8 Å². The monoisotopic (exact) mass is 298 g/mol. The number of hydrogen-bond acceptors (Lipinski definition) is 4. The maximum atomic E-state index is 5.52. The maximum Gasteiger partial charge on any atom is 0.138 e. The smallest absolute Gasteiger partial charge is 0.138 e. The number of imidazole rings is 1. The van der Waals surface area contributed by atoms with Crippen LogP contribution < -0.4 is 0 Å². The SMILES string of the molecule is c1cc([C@@H]2CCCN2C2CCOCC2)nc(-n2ccnc2)c1. The first-order valence-electron chi connectivity index (χ1n) is 8.20. The van der Waals surface area contributed by atoms with Gasteiger partial charge in [-0.25, -0.2) is 9.97 Å². The molecule has 4 rings (SSSR count). The van der Waals surface area contributed by atoms with Gasteiger partial charge < -0.3 is 4.74 Å². The van der Waals surface area contributed by atoms with Gasteiger partial charge in [0.1, 0.15) is 12.1 Å². The molecule has 2 fully saturated rings. The zero-order valence-corrected chi connectivity index (χ0v) is 12.8. The lowest BCUT2D eigenvalue weighted by Gasteiger charge is -2.35. The molecule has 2 aromatic heterocycles. The van der Waals surface area contributed by atoms with Gasteiger partial charge in [-0.05, 0) is 44.4 Å². The minimum atomic E-state index is 0.451. The summed E-state index contributed by atoms with van der Waals surface area (Å²) in [6.07, 6.45) is 10.3. The second kappa shape index (κ2) is 6.18. The lowest BCUT2D eigenvalue weighted by Crippen LogP contribution is -2.39. The van der Waals surface area contributed by atoms with E-state index in [9.17, 15) is 0 Å². The highest BCUT2D eigenvalue weighted by Gasteiger charge is 2.33. The standard InChI is InChI=1S/C17H22N4O/c1-3-15(19-17(5-1)20-10-8-18-13-20)16-4-2-9-21(16)14-6-11-22-12-7-14/h1,3,5,8,10,13-14,16H,2,4,6-7,9,11-12H2/t16-/m0/s1. The minimum Gasteiger partial charge on any atom is -0.381 e. The average Bonchev–Trinajstić information content (AvgIpc) is 3.27. The van der Waals surface area contributed by atoms with Gasteiger partial charge >= 0.3 is 0 Å². The van der Waals surface area contributed by atoms with E-state index < -0.39 is 0 Å². The number of nitrogens with zero attached hydrogens (tertiary/aromatic N) is 4. The lowest BCUT2D eigenvalue weighted by atomic mass is 10.0. The Morgan fingerprint density at radius 2 is 2.05 bits per heavy atom. The molecule has 2 saturated heterocycles.